The minimum absolute atomic E-state index is 0.196. The lowest BCUT2D eigenvalue weighted by Gasteiger charge is -2.02. The summed E-state index contributed by atoms with van der Waals surface area (Å²) in [6.07, 6.45) is 2.53. The van der Waals surface area contributed by atoms with Crippen LogP contribution in [0.1, 0.15) is 40.0 Å². The minimum Gasteiger partial charge on any atom is -0.464 e. The molecular weight excluding hydrogens is 168 g/mol. The second-order valence-electron chi connectivity index (χ2n) is 3.69. The Morgan fingerprint density at radius 1 is 1.54 bits per heavy atom. The monoisotopic (exact) mass is 186 g/mol. The Labute approximate surface area is 79.4 Å². The molecule has 76 valence electrons. The van der Waals surface area contributed by atoms with Gasteiger partial charge in [-0.15, -0.1) is 0 Å². The summed E-state index contributed by atoms with van der Waals surface area (Å²) < 4.78 is 10.3. The molecule has 1 aliphatic rings. The van der Waals surface area contributed by atoms with Gasteiger partial charge in [0.2, 0.25) is 0 Å². The summed E-state index contributed by atoms with van der Waals surface area (Å²) in [6.45, 7) is 6.55. The molecule has 0 aromatic rings. The topological polar surface area (TPSA) is 38.8 Å². The van der Waals surface area contributed by atoms with E-state index in [4.69, 9.17) is 9.47 Å². The van der Waals surface area contributed by atoms with Crippen LogP contribution in [0, 0.1) is 0 Å². The van der Waals surface area contributed by atoms with E-state index in [1.165, 1.54) is 0 Å². The first-order valence-electron chi connectivity index (χ1n) is 4.98. The van der Waals surface area contributed by atoms with Crippen LogP contribution in [-0.4, -0.2) is 24.3 Å². The van der Waals surface area contributed by atoms with Crippen LogP contribution in [0.25, 0.3) is 0 Å². The number of esters is 1. The van der Waals surface area contributed by atoms with Gasteiger partial charge < -0.3 is 9.47 Å². The average molecular weight is 186 g/mol. The van der Waals surface area contributed by atoms with Crippen LogP contribution >= 0.6 is 0 Å². The van der Waals surface area contributed by atoms with Crippen LogP contribution in [0.15, 0.2) is 0 Å². The summed E-state index contributed by atoms with van der Waals surface area (Å²) in [5, 5.41) is 0. The molecule has 0 N–H and O–H groups in total. The maximum Gasteiger partial charge on any atom is 0.338 e. The fourth-order valence-electron chi connectivity index (χ4n) is 1.19. The Hall–Kier alpha value is -0.570. The summed E-state index contributed by atoms with van der Waals surface area (Å²) in [4.78, 5) is 11.3. The lowest BCUT2D eigenvalue weighted by molar-refractivity contribution is -0.145. The first-order valence-corrected chi connectivity index (χ1v) is 4.98. The van der Waals surface area contributed by atoms with Crippen LogP contribution in [0.5, 0.6) is 0 Å². The van der Waals surface area contributed by atoms with E-state index in [1.54, 1.807) is 0 Å². The third kappa shape index (κ3) is 2.44. The first-order chi connectivity index (χ1) is 6.14. The van der Waals surface area contributed by atoms with Crippen LogP contribution < -0.4 is 0 Å². The molecule has 0 bridgehead atoms. The quantitative estimate of drug-likeness (QED) is 0.374. The maximum absolute atomic E-state index is 11.3. The second kappa shape index (κ2) is 4.09. The van der Waals surface area contributed by atoms with Crippen molar-refractivity contribution < 1.29 is 14.3 Å². The van der Waals surface area contributed by atoms with Gasteiger partial charge in [0.05, 0.1) is 6.61 Å². The fraction of sp³-hybridized carbons (Fsp3) is 0.900. The molecule has 0 aromatic carbocycles. The number of hydrogen-bond acceptors (Lipinski definition) is 3. The molecule has 0 amide bonds. The Bertz CT molecular complexity index is 191. The third-order valence-electron chi connectivity index (χ3n) is 2.54. The molecule has 0 aromatic heterocycles. The summed E-state index contributed by atoms with van der Waals surface area (Å²) in [6, 6.07) is 0. The number of unbranched alkanes of at least 4 members (excludes halogenated alkanes) is 1. The van der Waals surface area contributed by atoms with E-state index in [9.17, 15) is 4.79 Å². The van der Waals surface area contributed by atoms with E-state index >= 15 is 0 Å². The van der Waals surface area contributed by atoms with Gasteiger partial charge in [-0.3, -0.25) is 0 Å². The molecule has 1 aliphatic heterocycles. The number of carbonyl (C=O) groups excluding carboxylic acids is 1. The molecule has 1 saturated heterocycles. The largest absolute Gasteiger partial charge is 0.464 e. The molecule has 13 heavy (non-hydrogen) atoms. The molecule has 0 aliphatic carbocycles. The fourth-order valence-corrected chi connectivity index (χ4v) is 1.19. The zero-order valence-electron chi connectivity index (χ0n) is 8.63. The average Bonchev–Trinajstić information content (AvgIpc) is 2.80. The van der Waals surface area contributed by atoms with Crippen molar-refractivity contribution in [3.05, 3.63) is 0 Å². The SMILES string of the molecule is CCCCOC(=O)C1OC1(C)CC. The van der Waals surface area contributed by atoms with Gasteiger partial charge in [-0.1, -0.05) is 20.3 Å². The zero-order valence-corrected chi connectivity index (χ0v) is 8.63. The first kappa shape index (κ1) is 10.5. The molecular formula is C10H18O3. The van der Waals surface area contributed by atoms with Crippen LogP contribution in [-0.2, 0) is 14.3 Å². The lowest BCUT2D eigenvalue weighted by atomic mass is 10.1. The Balaban J connectivity index is 2.20. The summed E-state index contributed by atoms with van der Waals surface area (Å²) in [5.41, 5.74) is -0.247. The van der Waals surface area contributed by atoms with E-state index < -0.39 is 0 Å². The molecule has 0 spiro atoms. The molecule has 0 radical (unpaired) electrons. The smallest absolute Gasteiger partial charge is 0.338 e. The number of hydrogen-bond donors (Lipinski definition) is 0. The van der Waals surface area contributed by atoms with Crippen LogP contribution in [0.4, 0.5) is 0 Å². The van der Waals surface area contributed by atoms with Gasteiger partial charge in [-0.2, -0.15) is 0 Å². The zero-order chi connectivity index (χ0) is 9.90. The molecule has 2 unspecified atom stereocenters. The Morgan fingerprint density at radius 3 is 2.69 bits per heavy atom. The Morgan fingerprint density at radius 2 is 2.23 bits per heavy atom. The lowest BCUT2D eigenvalue weighted by Crippen LogP contribution is -2.19. The number of rotatable bonds is 5. The predicted octanol–water partition coefficient (Wildman–Crippen LogP) is 1.90. The van der Waals surface area contributed by atoms with Gasteiger partial charge in [0, 0.05) is 0 Å². The highest BCUT2D eigenvalue weighted by Crippen LogP contribution is 2.39. The molecule has 1 heterocycles. The predicted molar refractivity (Wildman–Crippen MR) is 49.4 cm³/mol. The highest BCUT2D eigenvalue weighted by Gasteiger charge is 2.56. The number of carbonyl (C=O) groups is 1. The van der Waals surface area contributed by atoms with Crippen molar-refractivity contribution in [2.24, 2.45) is 0 Å². The standard InChI is InChI=1S/C10H18O3/c1-4-6-7-12-9(11)8-10(3,5-2)13-8/h8H,4-7H2,1-3H3. The van der Waals surface area contributed by atoms with E-state index in [2.05, 4.69) is 6.92 Å². The van der Waals surface area contributed by atoms with Gasteiger partial charge >= 0.3 is 5.97 Å². The van der Waals surface area contributed by atoms with Gasteiger partial charge in [0.15, 0.2) is 6.10 Å². The molecule has 2 atom stereocenters. The van der Waals surface area contributed by atoms with Crippen molar-refractivity contribution in [2.75, 3.05) is 6.61 Å². The summed E-state index contributed by atoms with van der Waals surface area (Å²) >= 11 is 0. The van der Waals surface area contributed by atoms with Crippen LogP contribution in [0.3, 0.4) is 0 Å². The normalized spacial score (nSPS) is 31.5. The minimum atomic E-state index is -0.311. The maximum atomic E-state index is 11.3. The van der Waals surface area contributed by atoms with Crippen molar-refractivity contribution in [1.29, 1.82) is 0 Å². The molecule has 3 nitrogen and oxygen atoms in total. The van der Waals surface area contributed by atoms with Crippen molar-refractivity contribution in [1.82, 2.24) is 0 Å². The van der Waals surface area contributed by atoms with Crippen molar-refractivity contribution in [2.45, 2.75) is 51.7 Å². The van der Waals surface area contributed by atoms with Gasteiger partial charge in [-0.05, 0) is 19.8 Å². The van der Waals surface area contributed by atoms with Crippen molar-refractivity contribution in [3.8, 4) is 0 Å². The van der Waals surface area contributed by atoms with Gasteiger partial charge in [0.25, 0.3) is 0 Å². The van der Waals surface area contributed by atoms with E-state index in [1.807, 2.05) is 13.8 Å². The van der Waals surface area contributed by atoms with E-state index in [-0.39, 0.29) is 17.7 Å². The summed E-state index contributed by atoms with van der Waals surface area (Å²) in [5.74, 6) is -0.196. The number of ether oxygens (including phenoxy) is 2. The van der Waals surface area contributed by atoms with E-state index in [0.29, 0.717) is 6.61 Å². The highest BCUT2D eigenvalue weighted by molar-refractivity contribution is 5.79. The van der Waals surface area contributed by atoms with E-state index in [0.717, 1.165) is 19.3 Å². The third-order valence-corrected chi connectivity index (χ3v) is 2.54. The molecule has 0 saturated carbocycles. The second-order valence-corrected chi connectivity index (χ2v) is 3.69. The van der Waals surface area contributed by atoms with Crippen molar-refractivity contribution >= 4 is 5.97 Å². The molecule has 1 rings (SSSR count). The molecule has 3 heteroatoms. The highest BCUT2D eigenvalue weighted by atomic mass is 16.7. The summed E-state index contributed by atoms with van der Waals surface area (Å²) in [7, 11) is 0. The van der Waals surface area contributed by atoms with Gasteiger partial charge in [0.1, 0.15) is 5.60 Å². The van der Waals surface area contributed by atoms with Crippen LogP contribution in [0.2, 0.25) is 0 Å². The Kier molecular flexibility index (Phi) is 3.31. The van der Waals surface area contributed by atoms with Crippen molar-refractivity contribution in [3.63, 3.8) is 0 Å². The van der Waals surface area contributed by atoms with Gasteiger partial charge in [-0.25, -0.2) is 4.79 Å². The number of epoxide rings is 1. The molecule has 1 fully saturated rings.